The van der Waals surface area contributed by atoms with Crippen molar-refractivity contribution < 1.29 is 22.9 Å². The molecule has 2 atom stereocenters. The van der Waals surface area contributed by atoms with Crippen LogP contribution in [0.3, 0.4) is 0 Å². The number of nitro benzene ring substituents is 1. The van der Waals surface area contributed by atoms with Crippen LogP contribution in [0, 0.1) is 16.0 Å². The molecule has 1 heterocycles. The maximum atomic E-state index is 13.4. The van der Waals surface area contributed by atoms with Gasteiger partial charge in [0.05, 0.1) is 10.5 Å². The summed E-state index contributed by atoms with van der Waals surface area (Å²) in [6.45, 7) is 1.90. The topological polar surface area (TPSA) is 66.7 Å². The Kier molecular flexibility index (Phi) is 4.32. The first kappa shape index (κ1) is 17.8. The van der Waals surface area contributed by atoms with Crippen molar-refractivity contribution in [3.8, 4) is 0 Å². The quantitative estimate of drug-likeness (QED) is 0.470. The van der Waals surface area contributed by atoms with Crippen LogP contribution in [0.1, 0.15) is 17.5 Å². The van der Waals surface area contributed by atoms with E-state index in [2.05, 4.69) is 4.90 Å². The van der Waals surface area contributed by atoms with E-state index in [1.165, 1.54) is 6.07 Å². The number of nitrogens with zero attached hydrogens (tertiary/aromatic N) is 3. The molecule has 2 unspecified atom stereocenters. The average molecular weight is 357 g/mol. The second kappa shape index (κ2) is 6.06. The summed E-state index contributed by atoms with van der Waals surface area (Å²) >= 11 is 0. The van der Waals surface area contributed by atoms with Crippen LogP contribution in [-0.2, 0) is 17.5 Å². The fraction of sp³-hybridized carbons (Fsp3) is 0.562. The van der Waals surface area contributed by atoms with Gasteiger partial charge in [0, 0.05) is 49.8 Å². The largest absolute Gasteiger partial charge is 0.416 e. The second-order valence-corrected chi connectivity index (χ2v) is 6.81. The zero-order valence-corrected chi connectivity index (χ0v) is 13.6. The van der Waals surface area contributed by atoms with E-state index in [1.807, 2.05) is 11.9 Å². The van der Waals surface area contributed by atoms with Gasteiger partial charge in [0.2, 0.25) is 0 Å². The SMILES string of the molecule is CN1CCN(Cc2ccc([N+](=O)[O-])cc2C(F)(F)F)C2(CC2C=O)C1. The molecule has 2 aliphatic rings. The molecule has 3 rings (SSSR count). The van der Waals surface area contributed by atoms with Gasteiger partial charge in [-0.25, -0.2) is 0 Å². The van der Waals surface area contributed by atoms with Gasteiger partial charge >= 0.3 is 6.18 Å². The lowest BCUT2D eigenvalue weighted by molar-refractivity contribution is -0.385. The van der Waals surface area contributed by atoms with Crippen LogP contribution in [0.25, 0.3) is 0 Å². The molecule has 25 heavy (non-hydrogen) atoms. The summed E-state index contributed by atoms with van der Waals surface area (Å²) in [7, 11) is 1.92. The molecular formula is C16H18F3N3O3. The van der Waals surface area contributed by atoms with E-state index in [4.69, 9.17) is 0 Å². The number of piperazine rings is 1. The molecule has 1 spiro atoms. The number of nitro groups is 1. The minimum absolute atomic E-state index is 0.00132. The fourth-order valence-electron chi connectivity index (χ4n) is 3.72. The molecular weight excluding hydrogens is 339 g/mol. The van der Waals surface area contributed by atoms with Crippen LogP contribution in [0.5, 0.6) is 0 Å². The van der Waals surface area contributed by atoms with Crippen molar-refractivity contribution in [2.45, 2.75) is 24.7 Å². The highest BCUT2D eigenvalue weighted by atomic mass is 19.4. The number of benzene rings is 1. The summed E-state index contributed by atoms with van der Waals surface area (Å²) in [5.74, 6) is -0.178. The normalized spacial score (nSPS) is 27.4. The molecule has 2 fully saturated rings. The van der Waals surface area contributed by atoms with E-state index in [9.17, 15) is 28.1 Å². The molecule has 136 valence electrons. The first-order valence-electron chi connectivity index (χ1n) is 7.91. The maximum Gasteiger partial charge on any atom is 0.416 e. The third-order valence-electron chi connectivity index (χ3n) is 5.16. The maximum absolute atomic E-state index is 13.4. The van der Waals surface area contributed by atoms with Crippen molar-refractivity contribution in [3.05, 3.63) is 39.4 Å². The minimum atomic E-state index is -4.67. The highest BCUT2D eigenvalue weighted by Crippen LogP contribution is 2.50. The zero-order valence-electron chi connectivity index (χ0n) is 13.6. The third-order valence-corrected chi connectivity index (χ3v) is 5.16. The average Bonchev–Trinajstić information content (AvgIpc) is 3.22. The van der Waals surface area contributed by atoms with Crippen molar-refractivity contribution in [1.29, 1.82) is 0 Å². The molecule has 0 amide bonds. The number of aldehydes is 1. The number of alkyl halides is 3. The number of halogens is 3. The predicted molar refractivity (Wildman–Crippen MR) is 82.9 cm³/mol. The lowest BCUT2D eigenvalue weighted by Gasteiger charge is -2.41. The van der Waals surface area contributed by atoms with Gasteiger partial charge in [-0.15, -0.1) is 0 Å². The van der Waals surface area contributed by atoms with Gasteiger partial charge < -0.3 is 9.69 Å². The van der Waals surface area contributed by atoms with E-state index in [-0.39, 0.29) is 18.0 Å². The lowest BCUT2D eigenvalue weighted by atomic mass is 10.0. The first-order chi connectivity index (χ1) is 11.7. The molecule has 0 radical (unpaired) electrons. The molecule has 1 aliphatic heterocycles. The lowest BCUT2D eigenvalue weighted by Crippen LogP contribution is -2.54. The highest BCUT2D eigenvalue weighted by molar-refractivity contribution is 5.62. The molecule has 9 heteroatoms. The Morgan fingerprint density at radius 2 is 2.12 bits per heavy atom. The number of likely N-dealkylation sites (N-methyl/N-ethyl adjacent to an activating group) is 1. The molecule has 1 aliphatic carbocycles. The van der Waals surface area contributed by atoms with Crippen molar-refractivity contribution in [1.82, 2.24) is 9.80 Å². The summed E-state index contributed by atoms with van der Waals surface area (Å²) in [5.41, 5.74) is -1.99. The summed E-state index contributed by atoms with van der Waals surface area (Å²) in [6.07, 6.45) is -3.17. The van der Waals surface area contributed by atoms with Crippen LogP contribution in [0.2, 0.25) is 0 Å². The summed E-state index contributed by atoms with van der Waals surface area (Å²) in [4.78, 5) is 25.1. The molecule has 1 saturated heterocycles. The van der Waals surface area contributed by atoms with Crippen LogP contribution in [0.4, 0.5) is 18.9 Å². The van der Waals surface area contributed by atoms with E-state index < -0.39 is 27.9 Å². The summed E-state index contributed by atoms with van der Waals surface area (Å²) < 4.78 is 40.1. The van der Waals surface area contributed by atoms with E-state index in [1.54, 1.807) is 0 Å². The van der Waals surface area contributed by atoms with Crippen LogP contribution < -0.4 is 0 Å². The van der Waals surface area contributed by atoms with Gasteiger partial charge in [-0.2, -0.15) is 13.2 Å². The van der Waals surface area contributed by atoms with Gasteiger partial charge in [-0.05, 0) is 19.0 Å². The van der Waals surface area contributed by atoms with Gasteiger partial charge in [0.25, 0.3) is 5.69 Å². The number of hydrogen-bond donors (Lipinski definition) is 0. The standard InChI is InChI=1S/C16H18F3N3O3/c1-20-4-5-21(15(10-20)7-12(15)9-23)8-11-2-3-13(22(24)25)6-14(11)16(17,18)19/h2-3,6,9,12H,4-5,7-8,10H2,1H3. The Morgan fingerprint density at radius 3 is 2.68 bits per heavy atom. The molecule has 0 bridgehead atoms. The smallest absolute Gasteiger partial charge is 0.303 e. The Hall–Kier alpha value is -2.00. The van der Waals surface area contributed by atoms with Crippen molar-refractivity contribution in [2.75, 3.05) is 26.7 Å². The zero-order chi connectivity index (χ0) is 18.4. The Labute approximate surface area is 142 Å². The number of carbonyl (C=O) groups is 1. The first-order valence-corrected chi connectivity index (χ1v) is 7.91. The van der Waals surface area contributed by atoms with E-state index >= 15 is 0 Å². The van der Waals surface area contributed by atoms with Crippen LogP contribution in [-0.4, -0.2) is 53.2 Å². The number of hydrogen-bond acceptors (Lipinski definition) is 5. The number of non-ortho nitro benzene ring substituents is 1. The van der Waals surface area contributed by atoms with Gasteiger partial charge in [-0.3, -0.25) is 15.0 Å². The Bertz CT molecular complexity index is 710. The van der Waals surface area contributed by atoms with Crippen LogP contribution >= 0.6 is 0 Å². The summed E-state index contributed by atoms with van der Waals surface area (Å²) in [5, 5.41) is 10.8. The molecule has 6 nitrogen and oxygen atoms in total. The van der Waals surface area contributed by atoms with E-state index in [0.717, 1.165) is 12.4 Å². The monoisotopic (exact) mass is 357 g/mol. The van der Waals surface area contributed by atoms with E-state index in [0.29, 0.717) is 32.1 Å². The fourth-order valence-corrected chi connectivity index (χ4v) is 3.72. The predicted octanol–water partition coefficient (Wildman–Crippen LogP) is 2.32. The third kappa shape index (κ3) is 3.25. The molecule has 1 saturated carbocycles. The highest BCUT2D eigenvalue weighted by Gasteiger charge is 2.59. The molecule has 1 aromatic rings. The Morgan fingerprint density at radius 1 is 1.40 bits per heavy atom. The van der Waals surface area contributed by atoms with Gasteiger partial charge in [0.15, 0.2) is 0 Å². The van der Waals surface area contributed by atoms with Crippen molar-refractivity contribution >= 4 is 12.0 Å². The van der Waals surface area contributed by atoms with Crippen LogP contribution in [0.15, 0.2) is 18.2 Å². The molecule has 0 N–H and O–H groups in total. The number of carbonyl (C=O) groups excluding carboxylic acids is 1. The minimum Gasteiger partial charge on any atom is -0.303 e. The number of rotatable bonds is 4. The van der Waals surface area contributed by atoms with Crippen molar-refractivity contribution in [2.24, 2.45) is 5.92 Å². The second-order valence-electron chi connectivity index (χ2n) is 6.81. The summed E-state index contributed by atoms with van der Waals surface area (Å²) in [6, 6.07) is 2.85. The van der Waals surface area contributed by atoms with Gasteiger partial charge in [-0.1, -0.05) is 6.07 Å². The Balaban J connectivity index is 1.92. The van der Waals surface area contributed by atoms with Gasteiger partial charge in [0.1, 0.15) is 6.29 Å². The molecule has 0 aromatic heterocycles. The molecule has 1 aromatic carbocycles. The van der Waals surface area contributed by atoms with Crippen molar-refractivity contribution in [3.63, 3.8) is 0 Å².